The van der Waals surface area contributed by atoms with Gasteiger partial charge in [-0.05, 0) is 59.8 Å². The summed E-state index contributed by atoms with van der Waals surface area (Å²) < 4.78 is 23.8. The van der Waals surface area contributed by atoms with Crippen LogP contribution in [0.15, 0.2) is 22.7 Å². The minimum atomic E-state index is -0.887. The Labute approximate surface area is 155 Å². The molecule has 0 spiro atoms. The quantitative estimate of drug-likeness (QED) is 0.720. The van der Waals surface area contributed by atoms with Crippen LogP contribution < -0.4 is 10.1 Å². The second-order valence-corrected chi connectivity index (χ2v) is 7.23. The van der Waals surface area contributed by atoms with E-state index in [4.69, 9.17) is 9.47 Å². The van der Waals surface area contributed by atoms with Gasteiger partial charge in [0.15, 0.2) is 12.7 Å². The zero-order chi connectivity index (χ0) is 18.4. The maximum absolute atomic E-state index is 13.0. The van der Waals surface area contributed by atoms with Crippen molar-refractivity contribution in [1.82, 2.24) is 5.32 Å². The van der Waals surface area contributed by atoms with Gasteiger partial charge in [-0.15, -0.1) is 0 Å². The van der Waals surface area contributed by atoms with Gasteiger partial charge in [0.2, 0.25) is 0 Å². The lowest BCUT2D eigenvalue weighted by molar-refractivity contribution is -0.157. The molecule has 0 heterocycles. The standard InChI is InChI=1S/C18H23BrFNO4/c1-11-5-3-4-6-15(11)21-18(23)12(2)25-17(22)10-24-16-8-7-13(20)9-14(16)19/h7-9,11-12,15H,3-6,10H2,1-2H3,(H,21,23)/t11-,12+,15+/m0/s1. The van der Waals surface area contributed by atoms with E-state index in [-0.39, 0.29) is 18.6 Å². The molecule has 25 heavy (non-hydrogen) atoms. The average Bonchev–Trinajstić information content (AvgIpc) is 2.56. The van der Waals surface area contributed by atoms with Crippen LogP contribution in [-0.2, 0) is 14.3 Å². The van der Waals surface area contributed by atoms with E-state index < -0.39 is 17.9 Å². The van der Waals surface area contributed by atoms with Crippen LogP contribution in [-0.4, -0.2) is 30.6 Å². The van der Waals surface area contributed by atoms with Gasteiger partial charge in [-0.2, -0.15) is 0 Å². The summed E-state index contributed by atoms with van der Waals surface area (Å²) in [6, 6.07) is 4.01. The highest BCUT2D eigenvalue weighted by atomic mass is 79.9. The molecule has 0 unspecified atom stereocenters. The van der Waals surface area contributed by atoms with Crippen LogP contribution in [0.2, 0.25) is 0 Å². The van der Waals surface area contributed by atoms with Crippen LogP contribution in [0.3, 0.4) is 0 Å². The third-order valence-corrected chi connectivity index (χ3v) is 4.98. The first-order valence-electron chi connectivity index (χ1n) is 8.44. The Morgan fingerprint density at radius 2 is 2.08 bits per heavy atom. The first-order chi connectivity index (χ1) is 11.9. The maximum Gasteiger partial charge on any atom is 0.344 e. The molecule has 0 bridgehead atoms. The summed E-state index contributed by atoms with van der Waals surface area (Å²) in [5.74, 6) is -0.610. The zero-order valence-electron chi connectivity index (χ0n) is 14.4. The summed E-state index contributed by atoms with van der Waals surface area (Å²) in [5.41, 5.74) is 0. The van der Waals surface area contributed by atoms with E-state index in [1.165, 1.54) is 31.5 Å². The number of halogens is 2. The van der Waals surface area contributed by atoms with Crippen molar-refractivity contribution in [2.24, 2.45) is 5.92 Å². The SMILES string of the molecule is C[C@@H](OC(=O)COc1ccc(F)cc1Br)C(=O)N[C@@H]1CCCC[C@@H]1C. The molecule has 7 heteroatoms. The highest BCUT2D eigenvalue weighted by Crippen LogP contribution is 2.25. The lowest BCUT2D eigenvalue weighted by Gasteiger charge is -2.30. The van der Waals surface area contributed by atoms with Crippen LogP contribution in [0.25, 0.3) is 0 Å². The van der Waals surface area contributed by atoms with Crippen LogP contribution in [0, 0.1) is 11.7 Å². The number of hydrogen-bond donors (Lipinski definition) is 1. The fraction of sp³-hybridized carbons (Fsp3) is 0.556. The fourth-order valence-electron chi connectivity index (χ4n) is 2.84. The number of hydrogen-bond acceptors (Lipinski definition) is 4. The van der Waals surface area contributed by atoms with E-state index in [1.54, 1.807) is 0 Å². The van der Waals surface area contributed by atoms with Crippen molar-refractivity contribution in [3.8, 4) is 5.75 Å². The van der Waals surface area contributed by atoms with Gasteiger partial charge >= 0.3 is 5.97 Å². The largest absolute Gasteiger partial charge is 0.481 e. The predicted molar refractivity (Wildman–Crippen MR) is 94.7 cm³/mol. The van der Waals surface area contributed by atoms with Gasteiger partial charge < -0.3 is 14.8 Å². The number of esters is 1. The molecule has 2 rings (SSSR count). The average molecular weight is 416 g/mol. The molecule has 0 aliphatic heterocycles. The van der Waals surface area contributed by atoms with Crippen molar-refractivity contribution in [1.29, 1.82) is 0 Å². The van der Waals surface area contributed by atoms with Crippen molar-refractivity contribution >= 4 is 27.8 Å². The molecule has 0 aromatic heterocycles. The smallest absolute Gasteiger partial charge is 0.344 e. The molecule has 1 fully saturated rings. The van der Waals surface area contributed by atoms with Gasteiger partial charge in [-0.25, -0.2) is 9.18 Å². The minimum absolute atomic E-state index is 0.133. The van der Waals surface area contributed by atoms with Gasteiger partial charge in [0.05, 0.1) is 4.47 Å². The molecular formula is C18H23BrFNO4. The Balaban J connectivity index is 1.77. The molecule has 1 aliphatic rings. The number of carbonyl (C=O) groups excluding carboxylic acids is 2. The number of carbonyl (C=O) groups is 2. The number of amides is 1. The Bertz CT molecular complexity index is 625. The molecule has 1 saturated carbocycles. The van der Waals surface area contributed by atoms with E-state index in [9.17, 15) is 14.0 Å². The van der Waals surface area contributed by atoms with Crippen LogP contribution >= 0.6 is 15.9 Å². The second-order valence-electron chi connectivity index (χ2n) is 6.37. The molecular weight excluding hydrogens is 393 g/mol. The fourth-order valence-corrected chi connectivity index (χ4v) is 3.31. The predicted octanol–water partition coefficient (Wildman–Crippen LogP) is 3.59. The van der Waals surface area contributed by atoms with Crippen molar-refractivity contribution in [2.75, 3.05) is 6.61 Å². The number of rotatable bonds is 6. The zero-order valence-corrected chi connectivity index (χ0v) is 16.0. The summed E-state index contributed by atoms with van der Waals surface area (Å²) in [6.07, 6.45) is 3.45. The van der Waals surface area contributed by atoms with E-state index in [1.807, 2.05) is 0 Å². The first-order valence-corrected chi connectivity index (χ1v) is 9.24. The molecule has 1 aromatic carbocycles. The Morgan fingerprint density at radius 3 is 2.76 bits per heavy atom. The minimum Gasteiger partial charge on any atom is -0.481 e. The van der Waals surface area contributed by atoms with E-state index in [2.05, 4.69) is 28.2 Å². The van der Waals surface area contributed by atoms with Gasteiger partial charge in [0.25, 0.3) is 5.91 Å². The lowest BCUT2D eigenvalue weighted by Crippen LogP contribution is -2.46. The van der Waals surface area contributed by atoms with Crippen molar-refractivity contribution in [3.63, 3.8) is 0 Å². The number of nitrogens with one attached hydrogen (secondary N) is 1. The number of benzene rings is 1. The van der Waals surface area contributed by atoms with Crippen molar-refractivity contribution in [3.05, 3.63) is 28.5 Å². The molecule has 5 nitrogen and oxygen atoms in total. The van der Waals surface area contributed by atoms with Crippen molar-refractivity contribution < 1.29 is 23.5 Å². The third-order valence-electron chi connectivity index (χ3n) is 4.36. The van der Waals surface area contributed by atoms with Gasteiger partial charge in [-0.3, -0.25) is 4.79 Å². The Kier molecular flexibility index (Phi) is 7.23. The molecule has 138 valence electrons. The van der Waals surface area contributed by atoms with Crippen molar-refractivity contribution in [2.45, 2.75) is 51.7 Å². The summed E-state index contributed by atoms with van der Waals surface area (Å²) >= 11 is 3.15. The molecule has 0 saturated heterocycles. The summed E-state index contributed by atoms with van der Waals surface area (Å²) in [5, 5.41) is 2.96. The number of ether oxygens (including phenoxy) is 2. The topological polar surface area (TPSA) is 64.6 Å². The third kappa shape index (κ3) is 5.99. The van der Waals surface area contributed by atoms with Gasteiger partial charge in [0.1, 0.15) is 11.6 Å². The summed E-state index contributed by atoms with van der Waals surface area (Å²) in [4.78, 5) is 24.0. The molecule has 0 radical (unpaired) electrons. The van der Waals surface area contributed by atoms with Crippen LogP contribution in [0.1, 0.15) is 39.5 Å². The molecule has 1 aromatic rings. The second kappa shape index (κ2) is 9.17. The first kappa shape index (κ1) is 19.7. The summed E-state index contributed by atoms with van der Waals surface area (Å²) in [7, 11) is 0. The summed E-state index contributed by atoms with van der Waals surface area (Å²) in [6.45, 7) is 3.30. The van der Waals surface area contributed by atoms with E-state index >= 15 is 0 Å². The highest BCUT2D eigenvalue weighted by molar-refractivity contribution is 9.10. The Hall–Kier alpha value is -1.63. The monoisotopic (exact) mass is 415 g/mol. The van der Waals surface area contributed by atoms with E-state index in [0.717, 1.165) is 19.3 Å². The van der Waals surface area contributed by atoms with Crippen LogP contribution in [0.5, 0.6) is 5.75 Å². The van der Waals surface area contributed by atoms with Crippen LogP contribution in [0.4, 0.5) is 4.39 Å². The molecule has 3 atom stereocenters. The highest BCUT2D eigenvalue weighted by Gasteiger charge is 2.26. The normalized spacial score (nSPS) is 21.3. The molecule has 1 aliphatic carbocycles. The van der Waals surface area contributed by atoms with Gasteiger partial charge in [-0.1, -0.05) is 19.8 Å². The molecule has 1 amide bonds. The van der Waals surface area contributed by atoms with Gasteiger partial charge in [0, 0.05) is 6.04 Å². The Morgan fingerprint density at radius 1 is 1.36 bits per heavy atom. The lowest BCUT2D eigenvalue weighted by atomic mass is 9.86. The maximum atomic E-state index is 13.0. The van der Waals surface area contributed by atoms with E-state index in [0.29, 0.717) is 16.1 Å². The molecule has 1 N–H and O–H groups in total.